The number of amides is 2. The Balaban J connectivity index is 1.72. The highest BCUT2D eigenvalue weighted by molar-refractivity contribution is 5.99. The zero-order valence-corrected chi connectivity index (χ0v) is 16.2. The number of methoxy groups -OCH3 is 1. The highest BCUT2D eigenvalue weighted by Gasteiger charge is 2.37. The zero-order valence-electron chi connectivity index (χ0n) is 16.2. The Hall–Kier alpha value is -2.64. The minimum Gasteiger partial charge on any atom is -0.465 e. The largest absolute Gasteiger partial charge is 0.465 e. The van der Waals surface area contributed by atoms with E-state index in [0.717, 1.165) is 0 Å². The molecule has 0 N–H and O–H groups in total. The second kappa shape index (κ2) is 7.17. The Morgan fingerprint density at radius 2 is 2.00 bits per heavy atom. The summed E-state index contributed by atoms with van der Waals surface area (Å²) in [5.74, 6) is -0.683. The maximum atomic E-state index is 13.0. The number of hydrogen-bond donors (Lipinski definition) is 0. The number of fused-ring (bicyclic) bond motifs is 1. The minimum absolute atomic E-state index is 0.0695. The van der Waals surface area contributed by atoms with Gasteiger partial charge in [0.25, 0.3) is 5.91 Å². The number of likely N-dealkylation sites (tertiary alicyclic amines) is 1. The molecule has 146 valence electrons. The first-order chi connectivity index (χ1) is 12.7. The third kappa shape index (κ3) is 4.04. The van der Waals surface area contributed by atoms with E-state index in [4.69, 9.17) is 9.47 Å². The van der Waals surface area contributed by atoms with Crippen LogP contribution in [0, 0.1) is 0 Å². The van der Waals surface area contributed by atoms with Crippen molar-refractivity contribution >= 4 is 18.0 Å². The number of carbonyl (C=O) groups is 3. The molecule has 0 spiro atoms. The summed E-state index contributed by atoms with van der Waals surface area (Å²) in [7, 11) is 1.29. The Kier molecular flexibility index (Phi) is 5.08. The fourth-order valence-electron chi connectivity index (χ4n) is 3.43. The quantitative estimate of drug-likeness (QED) is 0.733. The molecule has 1 unspecified atom stereocenters. The molecule has 0 bridgehead atoms. The van der Waals surface area contributed by atoms with Gasteiger partial charge < -0.3 is 19.3 Å². The molecular formula is C19H25N3O5. The van der Waals surface area contributed by atoms with E-state index >= 15 is 0 Å². The monoisotopic (exact) mass is 375 g/mol. The van der Waals surface area contributed by atoms with Gasteiger partial charge in [-0.05, 0) is 33.3 Å². The van der Waals surface area contributed by atoms with Gasteiger partial charge in [-0.3, -0.25) is 9.78 Å². The predicted molar refractivity (Wildman–Crippen MR) is 96.5 cm³/mol. The molecule has 1 atom stereocenters. The predicted octanol–water partition coefficient (Wildman–Crippen LogP) is 1.88. The molecule has 1 saturated heterocycles. The van der Waals surface area contributed by atoms with E-state index in [2.05, 4.69) is 4.98 Å². The third-order valence-corrected chi connectivity index (χ3v) is 4.73. The Bertz CT molecular complexity index is 771. The summed E-state index contributed by atoms with van der Waals surface area (Å²) in [5, 5.41) is 0. The summed E-state index contributed by atoms with van der Waals surface area (Å²) in [6, 6.07) is 1.48. The van der Waals surface area contributed by atoms with Gasteiger partial charge in [0.05, 0.1) is 30.0 Å². The smallest absolute Gasteiger partial charge is 0.410 e. The summed E-state index contributed by atoms with van der Waals surface area (Å²) >= 11 is 0. The van der Waals surface area contributed by atoms with E-state index < -0.39 is 11.6 Å². The number of nitrogens with zero attached hydrogens (tertiary/aromatic N) is 3. The van der Waals surface area contributed by atoms with E-state index in [1.165, 1.54) is 13.3 Å². The first-order valence-electron chi connectivity index (χ1n) is 9.05. The van der Waals surface area contributed by atoms with Crippen LogP contribution in [0.2, 0.25) is 0 Å². The number of carbonyl (C=O) groups excluding carboxylic acids is 3. The normalized spacial score (nSPS) is 19.7. The van der Waals surface area contributed by atoms with Crippen LogP contribution >= 0.6 is 0 Å². The number of rotatable bonds is 2. The Labute approximate surface area is 158 Å². The lowest BCUT2D eigenvalue weighted by Crippen LogP contribution is -2.47. The van der Waals surface area contributed by atoms with Crippen molar-refractivity contribution < 1.29 is 23.9 Å². The van der Waals surface area contributed by atoms with Crippen molar-refractivity contribution in [2.45, 2.75) is 45.3 Å². The van der Waals surface area contributed by atoms with E-state index in [-0.39, 0.29) is 23.6 Å². The van der Waals surface area contributed by atoms with Crippen LogP contribution in [-0.2, 0) is 15.9 Å². The molecule has 0 radical (unpaired) electrons. The lowest BCUT2D eigenvalue weighted by molar-refractivity contribution is 0.0274. The van der Waals surface area contributed by atoms with Crippen molar-refractivity contribution in [2.24, 2.45) is 0 Å². The second-order valence-corrected chi connectivity index (χ2v) is 7.83. The second-order valence-electron chi connectivity index (χ2n) is 7.83. The van der Waals surface area contributed by atoms with Crippen molar-refractivity contribution in [3.05, 3.63) is 29.1 Å². The zero-order chi connectivity index (χ0) is 19.8. The van der Waals surface area contributed by atoms with Crippen LogP contribution in [0.3, 0.4) is 0 Å². The molecule has 8 nitrogen and oxygen atoms in total. The molecule has 0 aromatic carbocycles. The topological polar surface area (TPSA) is 89.0 Å². The van der Waals surface area contributed by atoms with Crippen molar-refractivity contribution in [3.8, 4) is 0 Å². The molecule has 1 fully saturated rings. The number of aromatic nitrogens is 1. The van der Waals surface area contributed by atoms with Crippen LogP contribution < -0.4 is 0 Å². The van der Waals surface area contributed by atoms with Crippen molar-refractivity contribution in [1.29, 1.82) is 0 Å². The fourth-order valence-corrected chi connectivity index (χ4v) is 3.43. The molecule has 3 rings (SSSR count). The average Bonchev–Trinajstić information content (AvgIpc) is 3.10. The lowest BCUT2D eigenvalue weighted by atomic mass is 10.0. The molecule has 0 saturated carbocycles. The van der Waals surface area contributed by atoms with Gasteiger partial charge in [0.2, 0.25) is 0 Å². The van der Waals surface area contributed by atoms with Gasteiger partial charge >= 0.3 is 12.1 Å². The van der Waals surface area contributed by atoms with Gasteiger partial charge in [-0.25, -0.2) is 9.59 Å². The molecule has 8 heteroatoms. The van der Waals surface area contributed by atoms with E-state index in [9.17, 15) is 14.4 Å². The fraction of sp³-hybridized carbons (Fsp3) is 0.579. The van der Waals surface area contributed by atoms with Gasteiger partial charge in [-0.1, -0.05) is 0 Å². The van der Waals surface area contributed by atoms with Crippen molar-refractivity contribution in [2.75, 3.05) is 26.7 Å². The average molecular weight is 375 g/mol. The summed E-state index contributed by atoms with van der Waals surface area (Å²) < 4.78 is 10.1. The molecule has 2 amide bonds. The summed E-state index contributed by atoms with van der Waals surface area (Å²) in [6.45, 7) is 7.03. The molecule has 1 aromatic rings. The molecular weight excluding hydrogens is 350 g/mol. The minimum atomic E-state index is -0.551. The Morgan fingerprint density at radius 1 is 1.26 bits per heavy atom. The van der Waals surface area contributed by atoms with E-state index in [1.807, 2.05) is 20.8 Å². The highest BCUT2D eigenvalue weighted by Crippen LogP contribution is 2.25. The van der Waals surface area contributed by atoms with Crippen molar-refractivity contribution in [3.63, 3.8) is 0 Å². The summed E-state index contributed by atoms with van der Waals surface area (Å²) in [4.78, 5) is 44.6. The molecule has 2 aliphatic heterocycles. The number of pyridine rings is 1. The maximum Gasteiger partial charge on any atom is 0.410 e. The molecule has 27 heavy (non-hydrogen) atoms. The van der Waals surface area contributed by atoms with Crippen LogP contribution in [0.25, 0.3) is 0 Å². The van der Waals surface area contributed by atoms with Crippen LogP contribution in [0.1, 0.15) is 53.6 Å². The van der Waals surface area contributed by atoms with E-state index in [1.54, 1.807) is 15.9 Å². The van der Waals surface area contributed by atoms with Crippen LogP contribution in [0.4, 0.5) is 4.79 Å². The first kappa shape index (κ1) is 19.1. The van der Waals surface area contributed by atoms with Crippen LogP contribution in [-0.4, -0.2) is 71.1 Å². The van der Waals surface area contributed by atoms with Gasteiger partial charge in [0.15, 0.2) is 0 Å². The van der Waals surface area contributed by atoms with Crippen LogP contribution in [0.5, 0.6) is 0 Å². The van der Waals surface area contributed by atoms with Crippen molar-refractivity contribution in [1.82, 2.24) is 14.8 Å². The highest BCUT2D eigenvalue weighted by atomic mass is 16.6. The molecule has 1 aromatic heterocycles. The summed E-state index contributed by atoms with van der Waals surface area (Å²) in [5.41, 5.74) is 0.824. The van der Waals surface area contributed by atoms with E-state index in [0.29, 0.717) is 43.7 Å². The van der Waals surface area contributed by atoms with Gasteiger partial charge in [-0.15, -0.1) is 0 Å². The Morgan fingerprint density at radius 3 is 2.67 bits per heavy atom. The number of esters is 1. The number of hydrogen-bond acceptors (Lipinski definition) is 6. The maximum absolute atomic E-state index is 13.0. The van der Waals surface area contributed by atoms with Gasteiger partial charge in [-0.2, -0.15) is 0 Å². The summed E-state index contributed by atoms with van der Waals surface area (Å²) in [6.07, 6.45) is 2.40. The number of ether oxygens (including phenoxy) is 2. The third-order valence-electron chi connectivity index (χ3n) is 4.73. The standard InChI is InChI=1S/C19H25N3O5/c1-19(2,3)27-18(25)21-7-5-13(11-21)22-8-6-15-14(16(22)23)9-12(10-20-15)17(24)26-4/h9-10,13H,5-8,11H2,1-4H3. The SMILES string of the molecule is COC(=O)c1cnc2c(c1)C(=O)N(C1CCN(C(=O)OC(C)(C)C)C1)CC2. The van der Waals surface area contributed by atoms with Gasteiger partial charge in [0, 0.05) is 32.3 Å². The van der Waals surface area contributed by atoms with Gasteiger partial charge in [0.1, 0.15) is 5.60 Å². The first-order valence-corrected chi connectivity index (χ1v) is 9.05. The lowest BCUT2D eigenvalue weighted by Gasteiger charge is -2.33. The molecule has 3 heterocycles. The van der Waals surface area contributed by atoms with Crippen LogP contribution in [0.15, 0.2) is 12.3 Å². The molecule has 2 aliphatic rings. The molecule has 0 aliphatic carbocycles.